The van der Waals surface area contributed by atoms with E-state index in [-0.39, 0.29) is 11.9 Å². The Morgan fingerprint density at radius 2 is 2.38 bits per heavy atom. The molecule has 1 amide bonds. The number of nitriles is 1. The molecule has 0 aliphatic carbocycles. The van der Waals surface area contributed by atoms with Crippen LogP contribution >= 0.6 is 0 Å². The first-order chi connectivity index (χ1) is 10.1. The lowest BCUT2D eigenvalue weighted by molar-refractivity contribution is -0.119. The van der Waals surface area contributed by atoms with Crippen molar-refractivity contribution in [1.29, 1.82) is 5.26 Å². The van der Waals surface area contributed by atoms with Gasteiger partial charge in [0.25, 0.3) is 0 Å². The summed E-state index contributed by atoms with van der Waals surface area (Å²) in [4.78, 5) is 10.9. The molecule has 3 atom stereocenters. The van der Waals surface area contributed by atoms with Crippen molar-refractivity contribution in [2.45, 2.75) is 31.7 Å². The molecule has 1 aliphatic rings. The third-order valence-electron chi connectivity index (χ3n) is 3.46. The summed E-state index contributed by atoms with van der Waals surface area (Å²) >= 11 is 0. The molecule has 0 unspecified atom stereocenters. The van der Waals surface area contributed by atoms with Crippen molar-refractivity contribution in [2.75, 3.05) is 13.2 Å². The molecule has 6 nitrogen and oxygen atoms in total. The zero-order chi connectivity index (χ0) is 15.2. The van der Waals surface area contributed by atoms with Crippen LogP contribution in [0.5, 0.6) is 0 Å². The van der Waals surface area contributed by atoms with Crippen molar-refractivity contribution >= 4 is 5.91 Å². The minimum absolute atomic E-state index is 0.143. The maximum absolute atomic E-state index is 10.9. The van der Waals surface area contributed by atoms with Gasteiger partial charge in [0.05, 0.1) is 30.4 Å². The molecule has 0 spiro atoms. The van der Waals surface area contributed by atoms with Gasteiger partial charge in [0, 0.05) is 20.0 Å². The molecule has 3 N–H and O–H groups in total. The van der Waals surface area contributed by atoms with E-state index in [1.807, 2.05) is 18.2 Å². The molecule has 1 heterocycles. The smallest absolute Gasteiger partial charge is 0.216 e. The van der Waals surface area contributed by atoms with Crippen molar-refractivity contribution in [3.05, 3.63) is 35.4 Å². The Hall–Kier alpha value is -1.94. The van der Waals surface area contributed by atoms with Crippen molar-refractivity contribution in [2.24, 2.45) is 0 Å². The van der Waals surface area contributed by atoms with E-state index < -0.39 is 12.2 Å². The Bertz CT molecular complexity index is 541. The quantitative estimate of drug-likeness (QED) is 0.704. The Labute approximate surface area is 123 Å². The molecular formula is C15H19N3O3. The van der Waals surface area contributed by atoms with Gasteiger partial charge >= 0.3 is 0 Å². The number of aliphatic hydroxyl groups is 1. The lowest BCUT2D eigenvalue weighted by Gasteiger charge is -2.18. The fraction of sp³-hybridized carbons (Fsp3) is 0.467. The monoisotopic (exact) mass is 289 g/mol. The zero-order valence-electron chi connectivity index (χ0n) is 11.9. The summed E-state index contributed by atoms with van der Waals surface area (Å²) in [6.07, 6.45) is -1.06. The standard InChI is InChI=1S/C15H19N3O3/c1-10(19)17-8-14-15(20)13(9-21-14)18-7-12-4-2-3-11(5-12)6-16/h2-5,13-15,18,20H,7-9H2,1H3,(H,17,19)/t13-,14-,15+/m1/s1. The first kappa shape index (κ1) is 15.4. The Kier molecular flexibility index (Phi) is 5.28. The van der Waals surface area contributed by atoms with E-state index >= 15 is 0 Å². The average Bonchev–Trinajstić information content (AvgIpc) is 2.83. The summed E-state index contributed by atoms with van der Waals surface area (Å²) in [6, 6.07) is 9.22. The Morgan fingerprint density at radius 1 is 1.57 bits per heavy atom. The number of hydrogen-bond acceptors (Lipinski definition) is 5. The maximum atomic E-state index is 10.9. The predicted octanol–water partition coefficient (Wildman–Crippen LogP) is -0.0877. The number of ether oxygens (including phenoxy) is 1. The van der Waals surface area contributed by atoms with Crippen LogP contribution in [-0.4, -0.2) is 42.4 Å². The summed E-state index contributed by atoms with van der Waals surface area (Å²) in [6.45, 7) is 2.68. The van der Waals surface area contributed by atoms with Crippen LogP contribution in [0, 0.1) is 11.3 Å². The van der Waals surface area contributed by atoms with E-state index in [0.717, 1.165) is 5.56 Å². The number of nitrogens with one attached hydrogen (secondary N) is 2. The molecule has 112 valence electrons. The summed E-state index contributed by atoms with van der Waals surface area (Å²) < 4.78 is 5.48. The molecule has 1 aromatic rings. The normalized spacial score (nSPS) is 24.5. The van der Waals surface area contributed by atoms with Crippen molar-refractivity contribution in [1.82, 2.24) is 10.6 Å². The second-order valence-electron chi connectivity index (χ2n) is 5.10. The van der Waals surface area contributed by atoms with Crippen molar-refractivity contribution in [3.63, 3.8) is 0 Å². The molecule has 1 saturated heterocycles. The minimum Gasteiger partial charge on any atom is -0.389 e. The SMILES string of the molecule is CC(=O)NC[C@H]1OC[C@@H](NCc2cccc(C#N)c2)[C@@H]1O. The largest absolute Gasteiger partial charge is 0.389 e. The molecule has 1 aromatic carbocycles. The lowest BCUT2D eigenvalue weighted by Crippen LogP contribution is -2.44. The van der Waals surface area contributed by atoms with E-state index in [2.05, 4.69) is 16.7 Å². The first-order valence-electron chi connectivity index (χ1n) is 6.86. The Morgan fingerprint density at radius 3 is 3.10 bits per heavy atom. The predicted molar refractivity (Wildman–Crippen MR) is 76.2 cm³/mol. The molecule has 0 radical (unpaired) electrons. The highest BCUT2D eigenvalue weighted by Gasteiger charge is 2.35. The van der Waals surface area contributed by atoms with Gasteiger partial charge in [0.1, 0.15) is 6.10 Å². The molecular weight excluding hydrogens is 270 g/mol. The van der Waals surface area contributed by atoms with E-state index in [1.165, 1.54) is 6.92 Å². The lowest BCUT2D eigenvalue weighted by atomic mass is 10.1. The maximum Gasteiger partial charge on any atom is 0.216 e. The fourth-order valence-corrected chi connectivity index (χ4v) is 2.29. The highest BCUT2D eigenvalue weighted by Crippen LogP contribution is 2.15. The van der Waals surface area contributed by atoms with Crippen LogP contribution < -0.4 is 10.6 Å². The van der Waals surface area contributed by atoms with E-state index in [1.54, 1.807) is 6.07 Å². The van der Waals surface area contributed by atoms with Crippen LogP contribution in [-0.2, 0) is 16.1 Å². The molecule has 0 saturated carbocycles. The number of nitrogens with zero attached hydrogens (tertiary/aromatic N) is 1. The van der Waals surface area contributed by atoms with Crippen molar-refractivity contribution in [3.8, 4) is 6.07 Å². The second kappa shape index (κ2) is 7.18. The summed E-state index contributed by atoms with van der Waals surface area (Å²) in [5.74, 6) is -0.143. The molecule has 1 aliphatic heterocycles. The van der Waals surface area contributed by atoms with Gasteiger partial charge in [-0.1, -0.05) is 12.1 Å². The Balaban J connectivity index is 1.84. The summed E-state index contributed by atoms with van der Waals surface area (Å²) in [5.41, 5.74) is 1.59. The van der Waals surface area contributed by atoms with Crippen LogP contribution in [0.15, 0.2) is 24.3 Å². The van der Waals surface area contributed by atoms with E-state index in [0.29, 0.717) is 25.3 Å². The molecule has 6 heteroatoms. The average molecular weight is 289 g/mol. The van der Waals surface area contributed by atoms with Gasteiger partial charge in [-0.15, -0.1) is 0 Å². The first-order valence-corrected chi connectivity index (χ1v) is 6.86. The molecule has 2 rings (SSSR count). The number of aliphatic hydroxyl groups excluding tert-OH is 1. The van der Waals surface area contributed by atoms with E-state index in [4.69, 9.17) is 10.00 Å². The van der Waals surface area contributed by atoms with Gasteiger partial charge in [-0.05, 0) is 17.7 Å². The van der Waals surface area contributed by atoms with Crippen LogP contribution in [0.1, 0.15) is 18.1 Å². The van der Waals surface area contributed by atoms with Gasteiger partial charge in [-0.2, -0.15) is 5.26 Å². The second-order valence-corrected chi connectivity index (χ2v) is 5.10. The van der Waals surface area contributed by atoms with Gasteiger partial charge < -0.3 is 20.5 Å². The van der Waals surface area contributed by atoms with Gasteiger partial charge in [-0.25, -0.2) is 0 Å². The fourth-order valence-electron chi connectivity index (χ4n) is 2.29. The molecule has 0 bridgehead atoms. The van der Waals surface area contributed by atoms with Crippen LogP contribution in [0.3, 0.4) is 0 Å². The van der Waals surface area contributed by atoms with Crippen LogP contribution in [0.25, 0.3) is 0 Å². The van der Waals surface area contributed by atoms with Gasteiger partial charge in [0.2, 0.25) is 5.91 Å². The number of amides is 1. The number of hydrogen-bond donors (Lipinski definition) is 3. The third-order valence-corrected chi connectivity index (χ3v) is 3.46. The molecule has 0 aromatic heterocycles. The van der Waals surface area contributed by atoms with Crippen molar-refractivity contribution < 1.29 is 14.6 Å². The van der Waals surface area contributed by atoms with Crippen LogP contribution in [0.4, 0.5) is 0 Å². The summed E-state index contributed by atoms with van der Waals surface area (Å²) in [5, 5.41) is 24.9. The minimum atomic E-state index is -0.670. The number of carbonyl (C=O) groups excluding carboxylic acids is 1. The zero-order valence-corrected chi connectivity index (χ0v) is 11.9. The highest BCUT2D eigenvalue weighted by molar-refractivity contribution is 5.72. The van der Waals surface area contributed by atoms with Gasteiger partial charge in [-0.3, -0.25) is 4.79 Å². The topological polar surface area (TPSA) is 94.4 Å². The summed E-state index contributed by atoms with van der Waals surface area (Å²) in [7, 11) is 0. The van der Waals surface area contributed by atoms with Gasteiger partial charge in [0.15, 0.2) is 0 Å². The highest BCUT2D eigenvalue weighted by atomic mass is 16.5. The van der Waals surface area contributed by atoms with Crippen LogP contribution in [0.2, 0.25) is 0 Å². The number of carbonyl (C=O) groups is 1. The molecule has 21 heavy (non-hydrogen) atoms. The molecule has 1 fully saturated rings. The number of rotatable bonds is 5. The van der Waals surface area contributed by atoms with E-state index in [9.17, 15) is 9.90 Å². The third kappa shape index (κ3) is 4.26. The number of benzene rings is 1.